The number of halogens is 2. The molecule has 0 fully saturated rings. The zero-order valence-corrected chi connectivity index (χ0v) is 10.8. The second-order valence-corrected chi connectivity index (χ2v) is 3.98. The molecule has 2 aromatic rings. The smallest absolute Gasteiger partial charge is 0.251 e. The van der Waals surface area contributed by atoms with Gasteiger partial charge in [-0.15, -0.1) is 0 Å². The molecule has 1 heterocycles. The van der Waals surface area contributed by atoms with Crippen LogP contribution in [0, 0.1) is 18.6 Å². The first-order chi connectivity index (χ1) is 9.51. The Morgan fingerprint density at radius 1 is 1.35 bits per heavy atom. The van der Waals surface area contributed by atoms with E-state index < -0.39 is 17.5 Å². The molecule has 8 heteroatoms. The molecule has 1 amide bonds. The van der Waals surface area contributed by atoms with Crippen LogP contribution in [0.5, 0.6) is 0 Å². The van der Waals surface area contributed by atoms with Gasteiger partial charge in [-0.05, 0) is 12.1 Å². The Kier molecular flexibility index (Phi) is 3.92. The second-order valence-electron chi connectivity index (χ2n) is 3.98. The molecule has 0 atom stereocenters. The predicted octanol–water partition coefficient (Wildman–Crippen LogP) is 1.63. The molecule has 0 saturated carbocycles. The van der Waals surface area contributed by atoms with Crippen molar-refractivity contribution in [1.29, 1.82) is 0 Å². The van der Waals surface area contributed by atoms with Crippen LogP contribution in [0.2, 0.25) is 0 Å². The molecule has 0 aliphatic rings. The number of nitrogens with zero attached hydrogens (tertiary/aromatic N) is 2. The molecule has 1 aromatic heterocycles. The van der Waals surface area contributed by atoms with Gasteiger partial charge in [0.2, 0.25) is 5.89 Å². The molecule has 0 spiro atoms. The summed E-state index contributed by atoms with van der Waals surface area (Å²) in [6.07, 6.45) is 0. The lowest BCUT2D eigenvalue weighted by Gasteiger charge is -2.07. The van der Waals surface area contributed by atoms with Gasteiger partial charge in [-0.2, -0.15) is 4.98 Å². The van der Waals surface area contributed by atoms with Gasteiger partial charge in [0.05, 0.1) is 6.54 Å². The summed E-state index contributed by atoms with van der Waals surface area (Å²) in [5.41, 5.74) is -0.408. The Labute approximate surface area is 113 Å². The summed E-state index contributed by atoms with van der Waals surface area (Å²) in [6.45, 7) is 1.62. The summed E-state index contributed by atoms with van der Waals surface area (Å²) in [4.78, 5) is 15.7. The standard InChI is InChI=1S/C12H12F2N4O2/c1-6-17-10(18-20-6)5-16-12(19)7-3-8(13)11(15-2)9(14)4-7/h3-4,15H,5H2,1-2H3,(H,16,19). The highest BCUT2D eigenvalue weighted by Crippen LogP contribution is 2.20. The van der Waals surface area contributed by atoms with Crippen molar-refractivity contribution in [2.24, 2.45) is 0 Å². The van der Waals surface area contributed by atoms with Crippen LogP contribution < -0.4 is 10.6 Å². The quantitative estimate of drug-likeness (QED) is 0.891. The summed E-state index contributed by atoms with van der Waals surface area (Å²) in [5, 5.41) is 8.40. The molecule has 6 nitrogen and oxygen atoms in total. The van der Waals surface area contributed by atoms with E-state index in [4.69, 9.17) is 4.52 Å². The molecule has 0 unspecified atom stereocenters. The highest BCUT2D eigenvalue weighted by molar-refractivity contribution is 5.94. The topological polar surface area (TPSA) is 80.0 Å². The van der Waals surface area contributed by atoms with Crippen LogP contribution in [-0.4, -0.2) is 23.1 Å². The Bertz CT molecular complexity index is 619. The van der Waals surface area contributed by atoms with E-state index in [0.29, 0.717) is 5.89 Å². The number of carbonyl (C=O) groups excluding carboxylic acids is 1. The first-order valence-corrected chi connectivity index (χ1v) is 5.75. The van der Waals surface area contributed by atoms with Crippen LogP contribution in [0.3, 0.4) is 0 Å². The minimum atomic E-state index is -0.840. The average Bonchev–Trinajstić information content (AvgIpc) is 2.81. The van der Waals surface area contributed by atoms with Crippen LogP contribution in [0.4, 0.5) is 14.5 Å². The lowest BCUT2D eigenvalue weighted by atomic mass is 10.1. The number of benzene rings is 1. The Morgan fingerprint density at radius 2 is 2.00 bits per heavy atom. The van der Waals surface area contributed by atoms with Crippen LogP contribution in [0.15, 0.2) is 16.7 Å². The SMILES string of the molecule is CNc1c(F)cc(C(=O)NCc2noc(C)n2)cc1F. The van der Waals surface area contributed by atoms with Gasteiger partial charge >= 0.3 is 0 Å². The molecule has 1 aromatic carbocycles. The maximum atomic E-state index is 13.5. The van der Waals surface area contributed by atoms with Crippen LogP contribution in [0.1, 0.15) is 22.1 Å². The first kappa shape index (κ1) is 13.9. The number of amides is 1. The Balaban J connectivity index is 2.09. The third-order valence-electron chi connectivity index (χ3n) is 2.53. The molecule has 0 bridgehead atoms. The van der Waals surface area contributed by atoms with Crippen molar-refractivity contribution in [3.63, 3.8) is 0 Å². The zero-order chi connectivity index (χ0) is 14.7. The number of hydrogen-bond acceptors (Lipinski definition) is 5. The molecule has 0 saturated heterocycles. The van der Waals surface area contributed by atoms with Crippen molar-refractivity contribution in [2.75, 3.05) is 12.4 Å². The second kappa shape index (κ2) is 5.64. The predicted molar refractivity (Wildman–Crippen MR) is 66.1 cm³/mol. The van der Waals surface area contributed by atoms with Crippen molar-refractivity contribution in [1.82, 2.24) is 15.5 Å². The van der Waals surface area contributed by atoms with E-state index in [1.54, 1.807) is 6.92 Å². The van der Waals surface area contributed by atoms with Crippen LogP contribution in [0.25, 0.3) is 0 Å². The van der Waals surface area contributed by atoms with Crippen molar-refractivity contribution >= 4 is 11.6 Å². The number of rotatable bonds is 4. The number of carbonyl (C=O) groups is 1. The highest BCUT2D eigenvalue weighted by Gasteiger charge is 2.14. The molecule has 2 N–H and O–H groups in total. The monoisotopic (exact) mass is 282 g/mol. The fourth-order valence-electron chi connectivity index (χ4n) is 1.62. The summed E-state index contributed by atoms with van der Waals surface area (Å²) in [7, 11) is 1.39. The third kappa shape index (κ3) is 2.90. The van der Waals surface area contributed by atoms with E-state index in [1.807, 2.05) is 0 Å². The summed E-state index contributed by atoms with van der Waals surface area (Å²) in [6, 6.07) is 1.90. The molecular formula is C12H12F2N4O2. The molecule has 106 valence electrons. The molecule has 2 rings (SSSR count). The lowest BCUT2D eigenvalue weighted by Crippen LogP contribution is -2.23. The zero-order valence-electron chi connectivity index (χ0n) is 10.8. The summed E-state index contributed by atoms with van der Waals surface area (Å²) in [5.74, 6) is -1.66. The minimum absolute atomic E-state index is 0.00713. The number of nitrogens with one attached hydrogen (secondary N) is 2. The fraction of sp³-hybridized carbons (Fsp3) is 0.250. The van der Waals surface area contributed by atoms with E-state index in [0.717, 1.165) is 12.1 Å². The normalized spacial score (nSPS) is 10.4. The van der Waals surface area contributed by atoms with Gasteiger partial charge in [0.25, 0.3) is 5.91 Å². The first-order valence-electron chi connectivity index (χ1n) is 5.75. The van der Waals surface area contributed by atoms with E-state index in [2.05, 4.69) is 20.8 Å². The van der Waals surface area contributed by atoms with Gasteiger partial charge < -0.3 is 15.2 Å². The van der Waals surface area contributed by atoms with E-state index in [-0.39, 0.29) is 23.6 Å². The van der Waals surface area contributed by atoms with E-state index in [1.165, 1.54) is 7.05 Å². The number of hydrogen-bond donors (Lipinski definition) is 2. The van der Waals surface area contributed by atoms with Gasteiger partial charge in [0.1, 0.15) is 17.3 Å². The van der Waals surface area contributed by atoms with Crippen molar-refractivity contribution in [2.45, 2.75) is 13.5 Å². The van der Waals surface area contributed by atoms with Crippen LogP contribution in [-0.2, 0) is 6.54 Å². The van der Waals surface area contributed by atoms with Gasteiger partial charge in [-0.1, -0.05) is 5.16 Å². The van der Waals surface area contributed by atoms with Gasteiger partial charge in [-0.25, -0.2) is 8.78 Å². The van der Waals surface area contributed by atoms with Gasteiger partial charge in [0, 0.05) is 19.5 Å². The van der Waals surface area contributed by atoms with Gasteiger partial charge in [0.15, 0.2) is 5.82 Å². The van der Waals surface area contributed by atoms with E-state index >= 15 is 0 Å². The van der Waals surface area contributed by atoms with Gasteiger partial charge in [-0.3, -0.25) is 4.79 Å². The molecule has 0 aliphatic heterocycles. The molecule has 20 heavy (non-hydrogen) atoms. The Hall–Kier alpha value is -2.51. The number of aryl methyl sites for hydroxylation is 1. The Morgan fingerprint density at radius 3 is 2.50 bits per heavy atom. The molecule has 0 radical (unpaired) electrons. The summed E-state index contributed by atoms with van der Waals surface area (Å²) >= 11 is 0. The maximum absolute atomic E-state index is 13.5. The van der Waals surface area contributed by atoms with Crippen molar-refractivity contribution in [3.8, 4) is 0 Å². The largest absolute Gasteiger partial charge is 0.383 e. The maximum Gasteiger partial charge on any atom is 0.251 e. The fourth-order valence-corrected chi connectivity index (χ4v) is 1.62. The number of anilines is 1. The third-order valence-corrected chi connectivity index (χ3v) is 2.53. The molecule has 0 aliphatic carbocycles. The number of aromatic nitrogens is 2. The minimum Gasteiger partial charge on any atom is -0.383 e. The summed E-state index contributed by atoms with van der Waals surface area (Å²) < 4.78 is 31.8. The van der Waals surface area contributed by atoms with Crippen LogP contribution >= 0.6 is 0 Å². The van der Waals surface area contributed by atoms with Crippen molar-refractivity contribution in [3.05, 3.63) is 41.0 Å². The van der Waals surface area contributed by atoms with E-state index in [9.17, 15) is 13.6 Å². The molecular weight excluding hydrogens is 270 g/mol. The van der Waals surface area contributed by atoms with Crippen molar-refractivity contribution < 1.29 is 18.1 Å². The lowest BCUT2D eigenvalue weighted by molar-refractivity contribution is 0.0948. The highest BCUT2D eigenvalue weighted by atomic mass is 19.1. The average molecular weight is 282 g/mol.